The van der Waals surface area contributed by atoms with Gasteiger partial charge in [0, 0.05) is 20.3 Å². The lowest BCUT2D eigenvalue weighted by Crippen LogP contribution is -2.32. The molecule has 1 amide bonds. The SMILES string of the molecule is COCCCn1c(SCC(=O)NC2CCCc3ccccc32)nc2ccccc2c1=O. The van der Waals surface area contributed by atoms with E-state index in [1.165, 1.54) is 22.9 Å². The van der Waals surface area contributed by atoms with Gasteiger partial charge in [0.05, 0.1) is 22.7 Å². The molecule has 1 unspecified atom stereocenters. The van der Waals surface area contributed by atoms with Crippen LogP contribution in [0.2, 0.25) is 0 Å². The molecule has 0 saturated heterocycles. The van der Waals surface area contributed by atoms with Gasteiger partial charge in [0.1, 0.15) is 0 Å². The highest BCUT2D eigenvalue weighted by atomic mass is 32.2. The molecule has 1 atom stereocenters. The van der Waals surface area contributed by atoms with Crippen LogP contribution in [0.25, 0.3) is 10.9 Å². The zero-order valence-corrected chi connectivity index (χ0v) is 18.5. The van der Waals surface area contributed by atoms with E-state index in [4.69, 9.17) is 4.74 Å². The summed E-state index contributed by atoms with van der Waals surface area (Å²) in [5.74, 6) is 0.172. The van der Waals surface area contributed by atoms with Crippen molar-refractivity contribution in [2.24, 2.45) is 0 Å². The Bertz CT molecular complexity index is 1130. The number of nitrogens with zero attached hydrogens (tertiary/aromatic N) is 2. The van der Waals surface area contributed by atoms with Crippen molar-refractivity contribution in [2.75, 3.05) is 19.5 Å². The third kappa shape index (κ3) is 4.99. The predicted molar refractivity (Wildman–Crippen MR) is 123 cm³/mol. The number of carbonyl (C=O) groups excluding carboxylic acids is 1. The number of fused-ring (bicyclic) bond motifs is 2. The lowest BCUT2D eigenvalue weighted by Gasteiger charge is -2.26. The summed E-state index contributed by atoms with van der Waals surface area (Å²) in [4.78, 5) is 30.4. The first kappa shape index (κ1) is 21.6. The van der Waals surface area contributed by atoms with Crippen molar-refractivity contribution in [3.63, 3.8) is 0 Å². The number of aromatic nitrogens is 2. The van der Waals surface area contributed by atoms with E-state index in [2.05, 4.69) is 22.4 Å². The predicted octanol–water partition coefficient (Wildman–Crippen LogP) is 3.72. The van der Waals surface area contributed by atoms with Gasteiger partial charge in [-0.2, -0.15) is 0 Å². The number of hydrogen-bond donors (Lipinski definition) is 1. The van der Waals surface area contributed by atoms with E-state index in [9.17, 15) is 9.59 Å². The second-order valence-electron chi connectivity index (χ2n) is 7.71. The van der Waals surface area contributed by atoms with Gasteiger partial charge >= 0.3 is 0 Å². The fourth-order valence-electron chi connectivity index (χ4n) is 4.09. The number of benzene rings is 2. The zero-order valence-electron chi connectivity index (χ0n) is 17.7. The Hall–Kier alpha value is -2.64. The highest BCUT2D eigenvalue weighted by molar-refractivity contribution is 7.99. The summed E-state index contributed by atoms with van der Waals surface area (Å²) in [6, 6.07) is 15.7. The summed E-state index contributed by atoms with van der Waals surface area (Å²) < 4.78 is 6.80. The number of methoxy groups -OCH3 is 1. The molecule has 0 saturated carbocycles. The van der Waals surface area contributed by atoms with Gasteiger partial charge in [-0.3, -0.25) is 14.2 Å². The maximum absolute atomic E-state index is 13.0. The monoisotopic (exact) mass is 437 g/mol. The first-order valence-electron chi connectivity index (χ1n) is 10.7. The van der Waals surface area contributed by atoms with E-state index in [1.54, 1.807) is 17.7 Å². The number of hydrogen-bond acceptors (Lipinski definition) is 5. The summed E-state index contributed by atoms with van der Waals surface area (Å²) in [6.07, 6.45) is 3.78. The Balaban J connectivity index is 1.50. The van der Waals surface area contributed by atoms with Crippen LogP contribution in [0.3, 0.4) is 0 Å². The molecule has 0 spiro atoms. The third-order valence-electron chi connectivity index (χ3n) is 5.59. The van der Waals surface area contributed by atoms with Gasteiger partial charge in [0.2, 0.25) is 5.91 Å². The van der Waals surface area contributed by atoms with Gasteiger partial charge in [-0.1, -0.05) is 48.2 Å². The van der Waals surface area contributed by atoms with Crippen molar-refractivity contribution < 1.29 is 9.53 Å². The Labute approximate surface area is 186 Å². The van der Waals surface area contributed by atoms with Crippen LogP contribution in [0.5, 0.6) is 0 Å². The topological polar surface area (TPSA) is 73.2 Å². The van der Waals surface area contributed by atoms with Crippen molar-refractivity contribution in [3.05, 3.63) is 70.0 Å². The highest BCUT2D eigenvalue weighted by Gasteiger charge is 2.22. The minimum absolute atomic E-state index is 0.0439. The van der Waals surface area contributed by atoms with Crippen LogP contribution in [0.1, 0.15) is 36.4 Å². The molecule has 1 aliphatic carbocycles. The number of para-hydroxylation sites is 1. The lowest BCUT2D eigenvalue weighted by atomic mass is 9.88. The lowest BCUT2D eigenvalue weighted by molar-refractivity contribution is -0.119. The number of nitrogens with one attached hydrogen (secondary N) is 1. The van der Waals surface area contributed by atoms with Crippen LogP contribution in [-0.4, -0.2) is 34.9 Å². The van der Waals surface area contributed by atoms with Gasteiger partial charge in [-0.15, -0.1) is 0 Å². The van der Waals surface area contributed by atoms with Crippen molar-refractivity contribution in [1.29, 1.82) is 0 Å². The Kier molecular flexibility index (Phi) is 7.04. The Morgan fingerprint density at radius 3 is 2.90 bits per heavy atom. The molecule has 31 heavy (non-hydrogen) atoms. The molecule has 0 fully saturated rings. The first-order valence-corrected chi connectivity index (χ1v) is 11.6. The molecule has 1 heterocycles. The molecule has 0 bridgehead atoms. The molecule has 0 radical (unpaired) electrons. The average Bonchev–Trinajstić information content (AvgIpc) is 2.80. The number of carbonyl (C=O) groups is 1. The molecule has 6 nitrogen and oxygen atoms in total. The fourth-order valence-corrected chi connectivity index (χ4v) is 4.93. The van der Waals surface area contributed by atoms with E-state index >= 15 is 0 Å². The summed E-state index contributed by atoms with van der Waals surface area (Å²) in [5, 5.41) is 4.33. The zero-order chi connectivity index (χ0) is 21.6. The molecule has 162 valence electrons. The van der Waals surface area contributed by atoms with Crippen molar-refractivity contribution in [2.45, 2.75) is 43.4 Å². The van der Waals surface area contributed by atoms with Crippen LogP contribution in [0.15, 0.2) is 58.5 Å². The van der Waals surface area contributed by atoms with Crippen LogP contribution in [0.4, 0.5) is 0 Å². The number of amides is 1. The van der Waals surface area contributed by atoms with Crippen LogP contribution >= 0.6 is 11.8 Å². The van der Waals surface area contributed by atoms with Crippen molar-refractivity contribution in [1.82, 2.24) is 14.9 Å². The molecule has 7 heteroatoms. The number of thioether (sulfide) groups is 1. The highest BCUT2D eigenvalue weighted by Crippen LogP contribution is 2.29. The maximum Gasteiger partial charge on any atom is 0.262 e. The standard InChI is InChI=1S/C24H27N3O3S/c1-30-15-7-14-27-23(29)19-11-4-5-12-21(19)26-24(27)31-16-22(28)25-20-13-6-9-17-8-2-3-10-18(17)20/h2-5,8,10-12,20H,6-7,9,13-16H2,1H3,(H,25,28). The molecule has 1 N–H and O–H groups in total. The van der Waals surface area contributed by atoms with E-state index in [0.717, 1.165) is 19.3 Å². The van der Waals surface area contributed by atoms with Gasteiger partial charge in [-0.25, -0.2) is 4.98 Å². The van der Waals surface area contributed by atoms with Crippen LogP contribution in [0, 0.1) is 0 Å². The van der Waals surface area contributed by atoms with Crippen LogP contribution in [-0.2, 0) is 22.5 Å². The Morgan fingerprint density at radius 2 is 2.03 bits per heavy atom. The van der Waals surface area contributed by atoms with Gasteiger partial charge in [0.25, 0.3) is 5.56 Å². The smallest absolute Gasteiger partial charge is 0.262 e. The number of ether oxygens (including phenoxy) is 1. The minimum atomic E-state index is -0.0779. The van der Waals surface area contributed by atoms with E-state index in [1.807, 2.05) is 30.3 Å². The number of rotatable bonds is 8. The number of aryl methyl sites for hydroxylation is 1. The maximum atomic E-state index is 13.0. The fraction of sp³-hybridized carbons (Fsp3) is 0.375. The summed E-state index contributed by atoms with van der Waals surface area (Å²) in [5.41, 5.74) is 3.10. The molecule has 0 aliphatic heterocycles. The summed E-state index contributed by atoms with van der Waals surface area (Å²) in [7, 11) is 1.64. The van der Waals surface area contributed by atoms with E-state index in [0.29, 0.717) is 35.6 Å². The molecule has 4 rings (SSSR count). The minimum Gasteiger partial charge on any atom is -0.385 e. The second-order valence-corrected chi connectivity index (χ2v) is 8.66. The van der Waals surface area contributed by atoms with Gasteiger partial charge < -0.3 is 10.1 Å². The van der Waals surface area contributed by atoms with Crippen molar-refractivity contribution in [3.8, 4) is 0 Å². The third-order valence-corrected chi connectivity index (χ3v) is 6.57. The largest absolute Gasteiger partial charge is 0.385 e. The van der Waals surface area contributed by atoms with Crippen LogP contribution < -0.4 is 10.9 Å². The van der Waals surface area contributed by atoms with E-state index in [-0.39, 0.29) is 23.3 Å². The summed E-state index contributed by atoms with van der Waals surface area (Å²) in [6.45, 7) is 1.06. The van der Waals surface area contributed by atoms with Gasteiger partial charge in [-0.05, 0) is 48.9 Å². The second kappa shape index (κ2) is 10.1. The van der Waals surface area contributed by atoms with Gasteiger partial charge in [0.15, 0.2) is 5.16 Å². The summed E-state index contributed by atoms with van der Waals surface area (Å²) >= 11 is 1.31. The molecule has 1 aliphatic rings. The molecular formula is C24H27N3O3S. The quantitative estimate of drug-likeness (QED) is 0.330. The normalized spacial score (nSPS) is 15.6. The molecule has 3 aromatic rings. The Morgan fingerprint density at radius 1 is 1.23 bits per heavy atom. The van der Waals surface area contributed by atoms with Crippen molar-refractivity contribution >= 4 is 28.6 Å². The molecular weight excluding hydrogens is 410 g/mol. The average molecular weight is 438 g/mol. The first-order chi connectivity index (χ1) is 15.2. The molecule has 1 aromatic heterocycles. The molecule has 2 aromatic carbocycles. The van der Waals surface area contributed by atoms with E-state index < -0.39 is 0 Å².